The molecule has 0 unspecified atom stereocenters. The molecule has 0 atom stereocenters. The van der Waals surface area contributed by atoms with Crippen LogP contribution in [0, 0.1) is 13.8 Å². The molecule has 2 aromatic carbocycles. The minimum Gasteiger partial charge on any atom is -0.307 e. The third-order valence-corrected chi connectivity index (χ3v) is 3.55. The van der Waals surface area contributed by atoms with Crippen molar-refractivity contribution in [3.05, 3.63) is 57.6 Å². The number of para-hydroxylation sites is 2. The van der Waals surface area contributed by atoms with Gasteiger partial charge in [0.2, 0.25) is 0 Å². The van der Waals surface area contributed by atoms with E-state index in [9.17, 15) is 4.79 Å². The number of carbonyl (C=O) groups excluding carboxylic acids is 1. The first-order valence-corrected chi connectivity index (χ1v) is 6.83. The first kappa shape index (κ1) is 14.7. The first-order valence-electron chi connectivity index (χ1n) is 6.07. The molecule has 0 saturated heterocycles. The van der Waals surface area contributed by atoms with Gasteiger partial charge in [0.1, 0.15) is 0 Å². The molecule has 2 N–H and O–H groups in total. The largest absolute Gasteiger partial charge is 0.323 e. The van der Waals surface area contributed by atoms with Crippen LogP contribution in [0.15, 0.2) is 36.4 Å². The predicted octanol–water partition coefficient (Wildman–Crippen LogP) is 5.25. The maximum Gasteiger partial charge on any atom is 0.323 e. The van der Waals surface area contributed by atoms with Crippen LogP contribution in [-0.2, 0) is 0 Å². The average Bonchev–Trinajstić information content (AvgIpc) is 2.39. The van der Waals surface area contributed by atoms with Crippen LogP contribution < -0.4 is 10.6 Å². The fraction of sp³-hybridized carbons (Fsp3) is 0.133. The van der Waals surface area contributed by atoms with E-state index >= 15 is 0 Å². The summed E-state index contributed by atoms with van der Waals surface area (Å²) in [6, 6.07) is 10.5. The highest BCUT2D eigenvalue weighted by molar-refractivity contribution is 6.39. The molecule has 0 heterocycles. The molecule has 3 nitrogen and oxygen atoms in total. The molecule has 5 heteroatoms. The SMILES string of the molecule is Cc1cccc(C)c1NC(=O)Nc1c(Cl)cccc1Cl. The smallest absolute Gasteiger partial charge is 0.307 e. The minimum atomic E-state index is -0.377. The highest BCUT2D eigenvalue weighted by atomic mass is 35.5. The van der Waals surface area contributed by atoms with Crippen LogP contribution in [0.3, 0.4) is 0 Å². The van der Waals surface area contributed by atoms with Crippen LogP contribution >= 0.6 is 23.2 Å². The number of urea groups is 1. The summed E-state index contributed by atoms with van der Waals surface area (Å²) >= 11 is 12.0. The van der Waals surface area contributed by atoms with E-state index in [1.54, 1.807) is 18.2 Å². The van der Waals surface area contributed by atoms with Crippen molar-refractivity contribution in [3.63, 3.8) is 0 Å². The van der Waals surface area contributed by atoms with Gasteiger partial charge in [0, 0.05) is 5.69 Å². The van der Waals surface area contributed by atoms with Gasteiger partial charge < -0.3 is 10.6 Å². The van der Waals surface area contributed by atoms with Gasteiger partial charge in [-0.15, -0.1) is 0 Å². The maximum atomic E-state index is 12.1. The van der Waals surface area contributed by atoms with E-state index in [-0.39, 0.29) is 6.03 Å². The monoisotopic (exact) mass is 308 g/mol. The molecule has 0 fully saturated rings. The third-order valence-electron chi connectivity index (χ3n) is 2.92. The highest BCUT2D eigenvalue weighted by Crippen LogP contribution is 2.30. The van der Waals surface area contributed by atoms with E-state index in [2.05, 4.69) is 10.6 Å². The van der Waals surface area contributed by atoms with Crippen LogP contribution in [0.25, 0.3) is 0 Å². The summed E-state index contributed by atoms with van der Waals surface area (Å²) in [5.41, 5.74) is 3.17. The molecule has 0 aliphatic heterocycles. The Hall–Kier alpha value is -1.71. The van der Waals surface area contributed by atoms with Crippen molar-refractivity contribution in [3.8, 4) is 0 Å². The van der Waals surface area contributed by atoms with Gasteiger partial charge in [-0.05, 0) is 37.1 Å². The number of anilines is 2. The first-order chi connectivity index (χ1) is 9.49. The molecular weight excluding hydrogens is 295 g/mol. The number of carbonyl (C=O) groups is 1. The van der Waals surface area contributed by atoms with Crippen LogP contribution in [0.5, 0.6) is 0 Å². The van der Waals surface area contributed by atoms with Crippen LogP contribution in [0.1, 0.15) is 11.1 Å². The number of rotatable bonds is 2. The topological polar surface area (TPSA) is 41.1 Å². The van der Waals surface area contributed by atoms with E-state index in [4.69, 9.17) is 23.2 Å². The zero-order chi connectivity index (χ0) is 14.7. The molecule has 0 aromatic heterocycles. The van der Waals surface area contributed by atoms with Gasteiger partial charge in [-0.1, -0.05) is 47.5 Å². The van der Waals surface area contributed by atoms with Crippen molar-refractivity contribution in [1.29, 1.82) is 0 Å². The normalized spacial score (nSPS) is 10.2. The maximum absolute atomic E-state index is 12.1. The second kappa shape index (κ2) is 6.16. The minimum absolute atomic E-state index is 0.377. The summed E-state index contributed by atoms with van der Waals surface area (Å²) in [4.78, 5) is 12.1. The standard InChI is InChI=1S/C15H14Cl2N2O/c1-9-5-3-6-10(2)13(9)18-15(20)19-14-11(16)7-4-8-12(14)17/h3-8H,1-2H3,(H2,18,19,20). The van der Waals surface area contributed by atoms with Crippen LogP contribution in [-0.4, -0.2) is 6.03 Å². The summed E-state index contributed by atoms with van der Waals surface area (Å²) in [6.07, 6.45) is 0. The summed E-state index contributed by atoms with van der Waals surface area (Å²) in [7, 11) is 0. The van der Waals surface area contributed by atoms with E-state index in [0.29, 0.717) is 15.7 Å². The highest BCUT2D eigenvalue weighted by Gasteiger charge is 2.11. The lowest BCUT2D eigenvalue weighted by Gasteiger charge is -2.13. The van der Waals surface area contributed by atoms with Crippen LogP contribution in [0.2, 0.25) is 10.0 Å². The van der Waals surface area contributed by atoms with Gasteiger partial charge in [-0.25, -0.2) is 4.79 Å². The van der Waals surface area contributed by atoms with Crippen molar-refractivity contribution in [1.82, 2.24) is 0 Å². The third kappa shape index (κ3) is 3.24. The van der Waals surface area contributed by atoms with Gasteiger partial charge in [0.25, 0.3) is 0 Å². The second-order valence-corrected chi connectivity index (χ2v) is 5.26. The summed E-state index contributed by atoms with van der Waals surface area (Å²) in [5, 5.41) is 6.28. The number of halogens is 2. The Bertz CT molecular complexity index is 560. The Balaban J connectivity index is 2.18. The van der Waals surface area contributed by atoms with Gasteiger partial charge in [-0.2, -0.15) is 0 Å². The number of nitrogens with one attached hydrogen (secondary N) is 2. The second-order valence-electron chi connectivity index (χ2n) is 4.44. The van der Waals surface area contributed by atoms with Crippen molar-refractivity contribution in [2.45, 2.75) is 13.8 Å². The zero-order valence-electron chi connectivity index (χ0n) is 11.1. The number of benzene rings is 2. The Kier molecular flexibility index (Phi) is 4.53. The number of amides is 2. The molecule has 0 spiro atoms. The summed E-state index contributed by atoms with van der Waals surface area (Å²) < 4.78 is 0. The number of hydrogen-bond donors (Lipinski definition) is 2. The van der Waals surface area contributed by atoms with Crippen molar-refractivity contribution >= 4 is 40.6 Å². The van der Waals surface area contributed by atoms with Crippen molar-refractivity contribution < 1.29 is 4.79 Å². The van der Waals surface area contributed by atoms with Crippen molar-refractivity contribution in [2.24, 2.45) is 0 Å². The molecule has 2 aromatic rings. The Morgan fingerprint density at radius 1 is 0.850 bits per heavy atom. The molecule has 0 bridgehead atoms. The fourth-order valence-electron chi connectivity index (χ4n) is 1.89. The average molecular weight is 309 g/mol. The molecule has 0 saturated carbocycles. The molecule has 2 amide bonds. The van der Waals surface area contributed by atoms with E-state index in [1.165, 1.54) is 0 Å². The van der Waals surface area contributed by atoms with Gasteiger partial charge in [-0.3, -0.25) is 0 Å². The fourth-order valence-corrected chi connectivity index (χ4v) is 2.38. The Morgan fingerprint density at radius 3 is 1.85 bits per heavy atom. The quantitative estimate of drug-likeness (QED) is 0.781. The summed E-state index contributed by atoms with van der Waals surface area (Å²) in [5.74, 6) is 0. The molecule has 104 valence electrons. The molecule has 0 aliphatic carbocycles. The van der Waals surface area contributed by atoms with E-state index in [0.717, 1.165) is 16.8 Å². The zero-order valence-corrected chi connectivity index (χ0v) is 12.6. The number of hydrogen-bond acceptors (Lipinski definition) is 1. The lowest BCUT2D eigenvalue weighted by atomic mass is 10.1. The van der Waals surface area contributed by atoms with E-state index in [1.807, 2.05) is 32.0 Å². The van der Waals surface area contributed by atoms with E-state index < -0.39 is 0 Å². The lowest BCUT2D eigenvalue weighted by Crippen LogP contribution is -2.21. The van der Waals surface area contributed by atoms with Crippen molar-refractivity contribution in [2.75, 3.05) is 10.6 Å². The molecular formula is C15H14Cl2N2O. The Labute approximate surface area is 127 Å². The molecule has 0 aliphatic rings. The molecule has 20 heavy (non-hydrogen) atoms. The Morgan fingerprint density at radius 2 is 1.30 bits per heavy atom. The van der Waals surface area contributed by atoms with Gasteiger partial charge >= 0.3 is 6.03 Å². The lowest BCUT2D eigenvalue weighted by molar-refractivity contribution is 0.262. The summed E-state index contributed by atoms with van der Waals surface area (Å²) in [6.45, 7) is 3.87. The number of aryl methyl sites for hydroxylation is 2. The van der Waals surface area contributed by atoms with Crippen LogP contribution in [0.4, 0.5) is 16.2 Å². The molecule has 2 rings (SSSR count). The van der Waals surface area contributed by atoms with Gasteiger partial charge in [0.05, 0.1) is 15.7 Å². The van der Waals surface area contributed by atoms with Gasteiger partial charge in [0.15, 0.2) is 0 Å². The molecule has 0 radical (unpaired) electrons. The predicted molar refractivity (Wildman–Crippen MR) is 85.0 cm³/mol.